The van der Waals surface area contributed by atoms with Crippen molar-refractivity contribution >= 4 is 0 Å². The highest BCUT2D eigenvalue weighted by molar-refractivity contribution is 5.21. The molecule has 1 saturated carbocycles. The van der Waals surface area contributed by atoms with Crippen LogP contribution in [0.5, 0.6) is 5.75 Å². The third kappa shape index (κ3) is 2.22. The van der Waals surface area contributed by atoms with Gasteiger partial charge in [0.15, 0.2) is 0 Å². The number of hydrogen-bond acceptors (Lipinski definition) is 2. The Morgan fingerprint density at radius 1 is 1.15 bits per heavy atom. The average molecular weight is 177 g/mol. The van der Waals surface area contributed by atoms with Gasteiger partial charge in [-0.1, -0.05) is 18.2 Å². The van der Waals surface area contributed by atoms with Crippen LogP contribution in [-0.4, -0.2) is 12.1 Å². The van der Waals surface area contributed by atoms with Crippen molar-refractivity contribution in [2.45, 2.75) is 31.4 Å². The summed E-state index contributed by atoms with van der Waals surface area (Å²) in [6.45, 7) is 0. The summed E-state index contributed by atoms with van der Waals surface area (Å²) in [4.78, 5) is 0. The van der Waals surface area contributed by atoms with Gasteiger partial charge in [-0.25, -0.2) is 0 Å². The van der Waals surface area contributed by atoms with Crippen LogP contribution in [0.15, 0.2) is 30.3 Å². The van der Waals surface area contributed by atoms with Crippen molar-refractivity contribution in [1.29, 1.82) is 0 Å². The van der Waals surface area contributed by atoms with Gasteiger partial charge in [-0.05, 0) is 31.4 Å². The maximum atomic E-state index is 5.80. The van der Waals surface area contributed by atoms with Crippen molar-refractivity contribution in [1.82, 2.24) is 0 Å². The van der Waals surface area contributed by atoms with Crippen LogP contribution in [0.1, 0.15) is 19.3 Å². The van der Waals surface area contributed by atoms with Crippen LogP contribution >= 0.6 is 0 Å². The van der Waals surface area contributed by atoms with Gasteiger partial charge in [-0.3, -0.25) is 0 Å². The zero-order valence-electron chi connectivity index (χ0n) is 7.65. The lowest BCUT2D eigenvalue weighted by Crippen LogP contribution is -2.19. The topological polar surface area (TPSA) is 35.2 Å². The number of benzene rings is 1. The second-order valence-corrected chi connectivity index (χ2v) is 3.63. The predicted molar refractivity (Wildman–Crippen MR) is 52.7 cm³/mol. The molecule has 70 valence electrons. The lowest BCUT2D eigenvalue weighted by molar-refractivity contribution is 0.208. The minimum atomic E-state index is 0.331. The van der Waals surface area contributed by atoms with Gasteiger partial charge in [0.2, 0.25) is 0 Å². The Morgan fingerprint density at radius 2 is 1.92 bits per heavy atom. The fourth-order valence-corrected chi connectivity index (χ4v) is 1.77. The van der Waals surface area contributed by atoms with Gasteiger partial charge >= 0.3 is 0 Å². The van der Waals surface area contributed by atoms with Gasteiger partial charge in [0.05, 0.1) is 0 Å². The van der Waals surface area contributed by atoms with Crippen molar-refractivity contribution in [2.24, 2.45) is 5.73 Å². The Morgan fingerprint density at radius 3 is 2.54 bits per heavy atom. The Bertz CT molecular complexity index is 260. The standard InChI is InChI=1S/C11H15NO/c12-9-6-7-11(8-9)13-10-4-2-1-3-5-10/h1-5,9,11H,6-8,12H2/t9-,11-/m1/s1. The first-order chi connectivity index (χ1) is 6.34. The molecule has 0 saturated heterocycles. The molecular weight excluding hydrogens is 162 g/mol. The first-order valence-corrected chi connectivity index (χ1v) is 4.82. The summed E-state index contributed by atoms with van der Waals surface area (Å²) in [5.41, 5.74) is 5.80. The molecule has 0 amide bonds. The van der Waals surface area contributed by atoms with Gasteiger partial charge in [0.1, 0.15) is 11.9 Å². The first kappa shape index (κ1) is 8.57. The monoisotopic (exact) mass is 177 g/mol. The third-order valence-electron chi connectivity index (χ3n) is 2.47. The maximum Gasteiger partial charge on any atom is 0.119 e. The second-order valence-electron chi connectivity index (χ2n) is 3.63. The van der Waals surface area contributed by atoms with Crippen LogP contribution in [0, 0.1) is 0 Å². The van der Waals surface area contributed by atoms with E-state index in [0.29, 0.717) is 12.1 Å². The van der Waals surface area contributed by atoms with Gasteiger partial charge < -0.3 is 10.5 Å². The molecular formula is C11H15NO. The van der Waals surface area contributed by atoms with Crippen LogP contribution in [-0.2, 0) is 0 Å². The molecule has 2 atom stereocenters. The summed E-state index contributed by atoms with van der Waals surface area (Å²) in [6, 6.07) is 10.3. The van der Waals surface area contributed by atoms with Crippen molar-refractivity contribution < 1.29 is 4.74 Å². The van der Waals surface area contributed by atoms with E-state index in [2.05, 4.69) is 0 Å². The van der Waals surface area contributed by atoms with E-state index in [1.54, 1.807) is 0 Å². The molecule has 1 aliphatic carbocycles. The summed E-state index contributed by atoms with van der Waals surface area (Å²) < 4.78 is 5.77. The summed E-state index contributed by atoms with van der Waals surface area (Å²) in [6.07, 6.45) is 3.51. The second kappa shape index (κ2) is 3.79. The SMILES string of the molecule is N[C@@H]1CC[C@@H](Oc2ccccc2)C1. The first-order valence-electron chi connectivity index (χ1n) is 4.82. The maximum absolute atomic E-state index is 5.80. The quantitative estimate of drug-likeness (QED) is 0.749. The van der Waals surface area contributed by atoms with E-state index in [0.717, 1.165) is 25.0 Å². The molecule has 2 nitrogen and oxygen atoms in total. The summed E-state index contributed by atoms with van der Waals surface area (Å²) in [7, 11) is 0. The van der Waals surface area contributed by atoms with Crippen LogP contribution in [0.2, 0.25) is 0 Å². The summed E-state index contributed by atoms with van der Waals surface area (Å²) in [5.74, 6) is 0.960. The van der Waals surface area contributed by atoms with Gasteiger partial charge in [-0.15, -0.1) is 0 Å². The number of ether oxygens (including phenoxy) is 1. The van der Waals surface area contributed by atoms with E-state index in [1.807, 2.05) is 30.3 Å². The molecule has 0 unspecified atom stereocenters. The summed E-state index contributed by atoms with van der Waals surface area (Å²) in [5, 5.41) is 0. The van der Waals surface area contributed by atoms with E-state index in [-0.39, 0.29) is 0 Å². The number of para-hydroxylation sites is 1. The number of rotatable bonds is 2. The van der Waals surface area contributed by atoms with E-state index in [4.69, 9.17) is 10.5 Å². The molecule has 1 aliphatic rings. The highest BCUT2D eigenvalue weighted by Crippen LogP contribution is 2.22. The molecule has 2 N–H and O–H groups in total. The average Bonchev–Trinajstić information content (AvgIpc) is 2.53. The predicted octanol–water partition coefficient (Wildman–Crippen LogP) is 1.95. The van der Waals surface area contributed by atoms with E-state index < -0.39 is 0 Å². The fourth-order valence-electron chi connectivity index (χ4n) is 1.77. The largest absolute Gasteiger partial charge is 0.490 e. The van der Waals surface area contributed by atoms with Crippen molar-refractivity contribution in [3.8, 4) is 5.75 Å². The normalized spacial score (nSPS) is 27.5. The molecule has 1 fully saturated rings. The molecule has 0 bridgehead atoms. The lowest BCUT2D eigenvalue weighted by Gasteiger charge is -2.12. The molecule has 0 spiro atoms. The third-order valence-corrected chi connectivity index (χ3v) is 2.47. The van der Waals surface area contributed by atoms with Gasteiger partial charge in [0.25, 0.3) is 0 Å². The molecule has 2 heteroatoms. The van der Waals surface area contributed by atoms with Crippen LogP contribution < -0.4 is 10.5 Å². The van der Waals surface area contributed by atoms with Crippen LogP contribution in [0.3, 0.4) is 0 Å². The molecule has 1 aromatic rings. The Hall–Kier alpha value is -1.02. The van der Waals surface area contributed by atoms with Gasteiger partial charge in [0, 0.05) is 6.04 Å². The number of hydrogen-bond donors (Lipinski definition) is 1. The Kier molecular flexibility index (Phi) is 2.50. The van der Waals surface area contributed by atoms with Crippen molar-refractivity contribution in [2.75, 3.05) is 0 Å². The van der Waals surface area contributed by atoms with Gasteiger partial charge in [-0.2, -0.15) is 0 Å². The highest BCUT2D eigenvalue weighted by Gasteiger charge is 2.22. The van der Waals surface area contributed by atoms with E-state index in [9.17, 15) is 0 Å². The Labute approximate surface area is 78.7 Å². The smallest absolute Gasteiger partial charge is 0.119 e. The van der Waals surface area contributed by atoms with E-state index >= 15 is 0 Å². The van der Waals surface area contributed by atoms with E-state index in [1.165, 1.54) is 0 Å². The van der Waals surface area contributed by atoms with Crippen molar-refractivity contribution in [3.05, 3.63) is 30.3 Å². The Balaban J connectivity index is 1.92. The zero-order chi connectivity index (χ0) is 9.10. The summed E-state index contributed by atoms with van der Waals surface area (Å²) >= 11 is 0. The molecule has 1 aromatic carbocycles. The highest BCUT2D eigenvalue weighted by atomic mass is 16.5. The molecule has 13 heavy (non-hydrogen) atoms. The molecule has 2 rings (SSSR count). The van der Waals surface area contributed by atoms with Crippen molar-refractivity contribution in [3.63, 3.8) is 0 Å². The van der Waals surface area contributed by atoms with Crippen LogP contribution in [0.25, 0.3) is 0 Å². The zero-order valence-corrected chi connectivity index (χ0v) is 7.65. The molecule has 0 heterocycles. The minimum absolute atomic E-state index is 0.331. The molecule has 0 radical (unpaired) electrons. The lowest BCUT2D eigenvalue weighted by atomic mass is 10.3. The number of nitrogens with two attached hydrogens (primary N) is 1. The minimum Gasteiger partial charge on any atom is -0.490 e. The molecule has 0 aliphatic heterocycles. The molecule has 0 aromatic heterocycles. The fraction of sp³-hybridized carbons (Fsp3) is 0.455. The van der Waals surface area contributed by atoms with Crippen LogP contribution in [0.4, 0.5) is 0 Å².